The van der Waals surface area contributed by atoms with Crippen molar-refractivity contribution >= 4 is 17.5 Å². The van der Waals surface area contributed by atoms with Gasteiger partial charge in [-0.2, -0.15) is 5.10 Å². The number of unbranched alkanes of at least 4 members (excludes halogenated alkanes) is 2. The molecule has 9 heteroatoms. The molecule has 1 aliphatic heterocycles. The van der Waals surface area contributed by atoms with Crippen LogP contribution in [0.3, 0.4) is 0 Å². The van der Waals surface area contributed by atoms with Gasteiger partial charge in [0.2, 0.25) is 0 Å². The predicted octanol–water partition coefficient (Wildman–Crippen LogP) is 6.54. The van der Waals surface area contributed by atoms with Gasteiger partial charge in [-0.05, 0) is 74.4 Å². The van der Waals surface area contributed by atoms with E-state index in [4.69, 9.17) is 9.84 Å². The number of aromatic nitrogens is 2. The van der Waals surface area contributed by atoms with Gasteiger partial charge >= 0.3 is 0 Å². The summed E-state index contributed by atoms with van der Waals surface area (Å²) in [5.74, 6) is -0.253. The molecular weight excluding hydrogens is 590 g/mol. The van der Waals surface area contributed by atoms with Crippen molar-refractivity contribution in [2.75, 3.05) is 38.2 Å². The summed E-state index contributed by atoms with van der Waals surface area (Å²) in [5, 5.41) is 18.6. The van der Waals surface area contributed by atoms with Gasteiger partial charge in [0.25, 0.3) is 11.8 Å². The van der Waals surface area contributed by atoms with Gasteiger partial charge in [0.05, 0.1) is 36.6 Å². The number of aryl methyl sites for hydroxylation is 1. The van der Waals surface area contributed by atoms with E-state index in [9.17, 15) is 14.7 Å². The third-order valence-electron chi connectivity index (χ3n) is 9.58. The van der Waals surface area contributed by atoms with Crippen LogP contribution in [0.1, 0.15) is 109 Å². The van der Waals surface area contributed by atoms with Crippen LogP contribution in [0.4, 0.5) is 5.69 Å². The molecule has 1 atom stereocenters. The van der Waals surface area contributed by atoms with E-state index in [0.29, 0.717) is 62.3 Å². The number of benzene rings is 2. The van der Waals surface area contributed by atoms with E-state index in [0.717, 1.165) is 61.0 Å². The van der Waals surface area contributed by atoms with Gasteiger partial charge in [0, 0.05) is 37.6 Å². The lowest BCUT2D eigenvalue weighted by Gasteiger charge is -2.36. The number of hydrogen-bond acceptors (Lipinski definition) is 6. The fourth-order valence-electron chi connectivity index (χ4n) is 6.80. The molecule has 0 radical (unpaired) electrons. The number of hydrogen-bond donors (Lipinski definition) is 2. The second kappa shape index (κ2) is 16.9. The Morgan fingerprint density at radius 2 is 1.72 bits per heavy atom. The van der Waals surface area contributed by atoms with Crippen LogP contribution in [0.5, 0.6) is 0 Å². The summed E-state index contributed by atoms with van der Waals surface area (Å²) >= 11 is 0. The molecular formula is C38H53N5O4. The minimum absolute atomic E-state index is 0.0779. The molecule has 0 spiro atoms. The van der Waals surface area contributed by atoms with Crippen molar-refractivity contribution in [1.29, 1.82) is 0 Å². The number of fused-ring (bicyclic) bond motifs is 1. The van der Waals surface area contributed by atoms with Gasteiger partial charge in [0.15, 0.2) is 5.69 Å². The lowest BCUT2D eigenvalue weighted by molar-refractivity contribution is 0.0347. The van der Waals surface area contributed by atoms with Crippen molar-refractivity contribution in [2.24, 2.45) is 0 Å². The lowest BCUT2D eigenvalue weighted by atomic mass is 9.93. The quantitative estimate of drug-likeness (QED) is 0.183. The first-order chi connectivity index (χ1) is 22.9. The number of ether oxygens (including phenoxy) is 1. The molecule has 2 amide bonds. The first-order valence-electron chi connectivity index (χ1n) is 17.8. The Bertz CT molecular complexity index is 1470. The van der Waals surface area contributed by atoms with Gasteiger partial charge in [-0.1, -0.05) is 70.2 Å². The van der Waals surface area contributed by atoms with Gasteiger partial charge < -0.3 is 25.0 Å². The van der Waals surface area contributed by atoms with E-state index < -0.39 is 0 Å². The zero-order valence-corrected chi connectivity index (χ0v) is 28.5. The van der Waals surface area contributed by atoms with E-state index in [-0.39, 0.29) is 24.5 Å². The van der Waals surface area contributed by atoms with Crippen LogP contribution in [0, 0.1) is 6.92 Å². The van der Waals surface area contributed by atoms with Crippen LogP contribution in [0.2, 0.25) is 0 Å². The molecule has 47 heavy (non-hydrogen) atoms. The maximum absolute atomic E-state index is 14.5. The number of nitrogens with zero attached hydrogens (tertiary/aromatic N) is 4. The molecule has 2 aliphatic rings. The molecule has 254 valence electrons. The standard InChI is InChI=1S/C38H53N5O4/c1-4-6-20-41(21-7-5-2)38(46)35-23-28(3)43(40-35)36-18-17-31(39-19-22-47-33-15-9-8-10-16-33)25-34(36)37(45)42-26-30-14-12-11-13-29(30)24-32(42)27-44/h11-14,17-18,23,25,32-33,39,44H,4-10,15-16,19-22,24,26-27H2,1-3H3/t32-/m0/s1. The zero-order valence-electron chi connectivity index (χ0n) is 28.5. The minimum atomic E-state index is -0.340. The first kappa shape index (κ1) is 34.6. The smallest absolute Gasteiger partial charge is 0.274 e. The molecule has 0 bridgehead atoms. The number of aliphatic hydroxyl groups is 1. The molecule has 2 heterocycles. The Morgan fingerprint density at radius 1 is 1.00 bits per heavy atom. The Balaban J connectivity index is 1.44. The SMILES string of the molecule is CCCCN(CCCC)C(=O)c1cc(C)n(-c2ccc(NCCOC3CCCCC3)cc2C(=O)N2Cc3ccccc3C[C@H]2CO)n1. The summed E-state index contributed by atoms with van der Waals surface area (Å²) in [6.07, 6.45) is 10.8. The Labute approximate surface area is 280 Å². The highest BCUT2D eigenvalue weighted by Crippen LogP contribution is 2.29. The summed E-state index contributed by atoms with van der Waals surface area (Å²) in [5.41, 5.74) is 5.30. The molecule has 0 saturated heterocycles. The third-order valence-corrected chi connectivity index (χ3v) is 9.58. The van der Waals surface area contributed by atoms with Crippen LogP contribution < -0.4 is 5.32 Å². The van der Waals surface area contributed by atoms with Crippen molar-refractivity contribution in [1.82, 2.24) is 19.6 Å². The second-order valence-corrected chi connectivity index (χ2v) is 13.1. The molecule has 1 aromatic heterocycles. The van der Waals surface area contributed by atoms with Crippen molar-refractivity contribution in [3.8, 4) is 5.69 Å². The van der Waals surface area contributed by atoms with Crippen LogP contribution in [-0.2, 0) is 17.7 Å². The minimum Gasteiger partial charge on any atom is -0.394 e. The molecule has 0 unspecified atom stereocenters. The number of aliphatic hydroxyl groups excluding tert-OH is 1. The van der Waals surface area contributed by atoms with Crippen molar-refractivity contribution < 1.29 is 19.4 Å². The molecule has 2 aromatic carbocycles. The number of carbonyl (C=O) groups is 2. The largest absolute Gasteiger partial charge is 0.394 e. The highest BCUT2D eigenvalue weighted by molar-refractivity contribution is 5.99. The van der Waals surface area contributed by atoms with Crippen LogP contribution in [0.25, 0.3) is 5.69 Å². The maximum Gasteiger partial charge on any atom is 0.274 e. The fourth-order valence-corrected chi connectivity index (χ4v) is 6.80. The summed E-state index contributed by atoms with van der Waals surface area (Å²) in [6, 6.07) is 15.3. The number of amides is 2. The van der Waals surface area contributed by atoms with Gasteiger partial charge in [-0.3, -0.25) is 9.59 Å². The van der Waals surface area contributed by atoms with Gasteiger partial charge in [0.1, 0.15) is 0 Å². The molecule has 9 nitrogen and oxygen atoms in total. The predicted molar refractivity (Wildman–Crippen MR) is 186 cm³/mol. The molecule has 1 aliphatic carbocycles. The zero-order chi connectivity index (χ0) is 33.2. The molecule has 1 fully saturated rings. The first-order valence-corrected chi connectivity index (χ1v) is 17.8. The monoisotopic (exact) mass is 643 g/mol. The van der Waals surface area contributed by atoms with E-state index in [1.165, 1.54) is 19.3 Å². The number of anilines is 1. The van der Waals surface area contributed by atoms with Crippen molar-refractivity contribution in [3.63, 3.8) is 0 Å². The number of carbonyl (C=O) groups excluding carboxylic acids is 2. The normalized spacial score (nSPS) is 16.6. The molecule has 1 saturated carbocycles. The third kappa shape index (κ3) is 8.62. The molecule has 3 aromatic rings. The number of nitrogens with one attached hydrogen (secondary N) is 1. The highest BCUT2D eigenvalue weighted by Gasteiger charge is 2.32. The highest BCUT2D eigenvalue weighted by atomic mass is 16.5. The number of rotatable bonds is 15. The van der Waals surface area contributed by atoms with E-state index in [1.807, 2.05) is 54.3 Å². The average molecular weight is 644 g/mol. The Hall–Kier alpha value is -3.69. The maximum atomic E-state index is 14.5. The van der Waals surface area contributed by atoms with Gasteiger partial charge in [-0.25, -0.2) is 4.68 Å². The molecule has 5 rings (SSSR count). The fraction of sp³-hybridized carbons (Fsp3) is 0.553. The molecule has 2 N–H and O–H groups in total. The van der Waals surface area contributed by atoms with Crippen molar-refractivity contribution in [2.45, 2.75) is 104 Å². The Kier molecular flexibility index (Phi) is 12.5. The van der Waals surface area contributed by atoms with Crippen LogP contribution in [-0.4, -0.2) is 81.5 Å². The second-order valence-electron chi connectivity index (χ2n) is 13.1. The summed E-state index contributed by atoms with van der Waals surface area (Å²) in [4.78, 5) is 31.8. The van der Waals surface area contributed by atoms with E-state index in [2.05, 4.69) is 25.2 Å². The summed E-state index contributed by atoms with van der Waals surface area (Å²) in [6.45, 7) is 9.10. The van der Waals surface area contributed by atoms with Crippen molar-refractivity contribution in [3.05, 3.63) is 76.6 Å². The van der Waals surface area contributed by atoms with Crippen LogP contribution >= 0.6 is 0 Å². The van der Waals surface area contributed by atoms with Crippen LogP contribution in [0.15, 0.2) is 48.5 Å². The average Bonchev–Trinajstić information content (AvgIpc) is 3.50. The summed E-state index contributed by atoms with van der Waals surface area (Å²) in [7, 11) is 0. The van der Waals surface area contributed by atoms with E-state index >= 15 is 0 Å². The lowest BCUT2D eigenvalue weighted by Crippen LogP contribution is -2.46. The van der Waals surface area contributed by atoms with E-state index in [1.54, 1.807) is 9.58 Å². The van der Waals surface area contributed by atoms with Gasteiger partial charge in [-0.15, -0.1) is 0 Å². The summed E-state index contributed by atoms with van der Waals surface area (Å²) < 4.78 is 7.85. The Morgan fingerprint density at radius 3 is 2.43 bits per heavy atom. The topological polar surface area (TPSA) is 99.9 Å².